The molecule has 37 heavy (non-hydrogen) atoms. The minimum Gasteiger partial charge on any atom is -0.351 e. The molecule has 4 aromatic rings. The summed E-state index contributed by atoms with van der Waals surface area (Å²) in [6.45, 7) is 1.45. The molecule has 1 aromatic carbocycles. The minimum absolute atomic E-state index is 0.201. The molecule has 0 fully saturated rings. The van der Waals surface area contributed by atoms with Gasteiger partial charge in [-0.25, -0.2) is 0 Å². The number of hydrogen-bond donors (Lipinski definition) is 3. The highest BCUT2D eigenvalue weighted by Gasteiger charge is 2.17. The molecule has 10 nitrogen and oxygen atoms in total. The lowest BCUT2D eigenvalue weighted by atomic mass is 10.1. The first-order valence-electron chi connectivity index (χ1n) is 11.9. The van der Waals surface area contributed by atoms with Crippen LogP contribution in [0.15, 0.2) is 61.1 Å². The summed E-state index contributed by atoms with van der Waals surface area (Å²) in [6, 6.07) is 12.6. The average Bonchev–Trinajstić information content (AvgIpc) is 3.42. The summed E-state index contributed by atoms with van der Waals surface area (Å²) in [7, 11) is 7.44. The van der Waals surface area contributed by atoms with Crippen molar-refractivity contribution < 1.29 is 14.4 Å². The Bertz CT molecular complexity index is 1450. The number of carbonyl (C=O) groups is 3. The minimum atomic E-state index is -0.368. The first-order valence-corrected chi connectivity index (χ1v) is 11.9. The van der Waals surface area contributed by atoms with E-state index >= 15 is 0 Å². The monoisotopic (exact) mass is 501 g/mol. The van der Waals surface area contributed by atoms with Crippen molar-refractivity contribution in [2.24, 2.45) is 14.1 Å². The Kier molecular flexibility index (Phi) is 7.69. The second-order valence-electron chi connectivity index (χ2n) is 9.19. The second kappa shape index (κ2) is 11.1. The number of aromatic nitrogens is 3. The van der Waals surface area contributed by atoms with E-state index in [0.29, 0.717) is 29.3 Å². The van der Waals surface area contributed by atoms with E-state index in [4.69, 9.17) is 0 Å². The molecule has 3 amide bonds. The number of pyridine rings is 1. The van der Waals surface area contributed by atoms with E-state index in [9.17, 15) is 14.4 Å². The van der Waals surface area contributed by atoms with E-state index < -0.39 is 0 Å². The van der Waals surface area contributed by atoms with Gasteiger partial charge in [-0.3, -0.25) is 19.4 Å². The average molecular weight is 502 g/mol. The van der Waals surface area contributed by atoms with Crippen LogP contribution in [-0.4, -0.2) is 63.9 Å². The molecule has 0 bridgehead atoms. The van der Waals surface area contributed by atoms with E-state index in [-0.39, 0.29) is 23.4 Å². The highest BCUT2D eigenvalue weighted by molar-refractivity contribution is 6.07. The standard InChI is InChI=1S/C27H31N7O3/c1-32(2)11-7-10-28-26(36)23-13-21(17-33(23)3)31-27(37)24-14-20(16-34(24)4)30-25(35)22-12-18-8-5-6-9-19(18)15-29-22/h5-6,8-9,12-17H,7,10-11H2,1-4H3,(H,28,36)(H,30,35)(H,31,37). The van der Waals surface area contributed by atoms with Crippen LogP contribution >= 0.6 is 0 Å². The molecular formula is C27H31N7O3. The van der Waals surface area contributed by atoms with Gasteiger partial charge in [0, 0.05) is 44.6 Å². The first-order chi connectivity index (χ1) is 17.7. The van der Waals surface area contributed by atoms with Crippen LogP contribution in [0.3, 0.4) is 0 Å². The van der Waals surface area contributed by atoms with E-state index in [1.54, 1.807) is 60.0 Å². The Balaban J connectivity index is 1.39. The van der Waals surface area contributed by atoms with Crippen LogP contribution in [0.25, 0.3) is 10.8 Å². The third-order valence-electron chi connectivity index (χ3n) is 5.92. The lowest BCUT2D eigenvalue weighted by Gasteiger charge is -2.10. The maximum Gasteiger partial charge on any atom is 0.274 e. The van der Waals surface area contributed by atoms with Crippen molar-refractivity contribution in [1.82, 2.24) is 24.3 Å². The van der Waals surface area contributed by atoms with Crippen LogP contribution in [0.5, 0.6) is 0 Å². The molecule has 0 saturated carbocycles. The summed E-state index contributed by atoms with van der Waals surface area (Å²) in [5.41, 5.74) is 2.05. The molecule has 3 N–H and O–H groups in total. The predicted molar refractivity (Wildman–Crippen MR) is 144 cm³/mol. The second-order valence-corrected chi connectivity index (χ2v) is 9.19. The summed E-state index contributed by atoms with van der Waals surface area (Å²) in [6.07, 6.45) is 5.84. The van der Waals surface area contributed by atoms with E-state index in [2.05, 4.69) is 25.8 Å². The highest BCUT2D eigenvalue weighted by Crippen LogP contribution is 2.19. The molecule has 192 valence electrons. The van der Waals surface area contributed by atoms with Crippen molar-refractivity contribution in [3.8, 4) is 0 Å². The van der Waals surface area contributed by atoms with Gasteiger partial charge >= 0.3 is 0 Å². The predicted octanol–water partition coefficient (Wildman–Crippen LogP) is 3.10. The Morgan fingerprint density at radius 2 is 1.43 bits per heavy atom. The number of amides is 3. The molecule has 0 aliphatic heterocycles. The van der Waals surface area contributed by atoms with E-state index in [1.807, 2.05) is 38.4 Å². The summed E-state index contributed by atoms with van der Waals surface area (Å²) in [5, 5.41) is 10.4. The fraction of sp³-hybridized carbons (Fsp3) is 0.259. The van der Waals surface area contributed by atoms with Crippen molar-refractivity contribution in [2.75, 3.05) is 37.8 Å². The zero-order valence-corrected chi connectivity index (χ0v) is 21.4. The van der Waals surface area contributed by atoms with Crippen molar-refractivity contribution in [3.63, 3.8) is 0 Å². The topological polar surface area (TPSA) is 113 Å². The van der Waals surface area contributed by atoms with Crippen molar-refractivity contribution in [2.45, 2.75) is 6.42 Å². The molecule has 0 aliphatic rings. The molecule has 0 spiro atoms. The van der Waals surface area contributed by atoms with Crippen molar-refractivity contribution in [1.29, 1.82) is 0 Å². The van der Waals surface area contributed by atoms with Crippen LogP contribution < -0.4 is 16.0 Å². The maximum absolute atomic E-state index is 12.9. The fourth-order valence-corrected chi connectivity index (χ4v) is 4.00. The van der Waals surface area contributed by atoms with Gasteiger partial charge in [0.1, 0.15) is 17.1 Å². The summed E-state index contributed by atoms with van der Waals surface area (Å²) in [5.74, 6) is -0.934. The first kappa shape index (κ1) is 25.6. The van der Waals surface area contributed by atoms with Crippen LogP contribution in [0.1, 0.15) is 37.9 Å². The lowest BCUT2D eigenvalue weighted by molar-refractivity contribution is 0.0942. The SMILES string of the molecule is CN(C)CCCNC(=O)c1cc(NC(=O)c2cc(NC(=O)c3cc4ccccc4cn3)cn2C)cn1C. The van der Waals surface area contributed by atoms with Gasteiger partial charge in [-0.1, -0.05) is 24.3 Å². The molecular weight excluding hydrogens is 470 g/mol. The number of nitrogens with zero attached hydrogens (tertiary/aromatic N) is 4. The fourth-order valence-electron chi connectivity index (χ4n) is 4.00. The third kappa shape index (κ3) is 6.22. The van der Waals surface area contributed by atoms with Crippen molar-refractivity contribution in [3.05, 3.63) is 78.1 Å². The number of benzene rings is 1. The van der Waals surface area contributed by atoms with Gasteiger partial charge < -0.3 is 30.0 Å². The van der Waals surface area contributed by atoms with Crippen LogP contribution in [0.4, 0.5) is 11.4 Å². The Hall–Kier alpha value is -4.44. The van der Waals surface area contributed by atoms with Gasteiger partial charge in [-0.05, 0) is 50.6 Å². The molecule has 0 radical (unpaired) electrons. The molecule has 4 rings (SSSR count). The van der Waals surface area contributed by atoms with Crippen LogP contribution in [0, 0.1) is 0 Å². The smallest absolute Gasteiger partial charge is 0.274 e. The highest BCUT2D eigenvalue weighted by atomic mass is 16.2. The van der Waals surface area contributed by atoms with Gasteiger partial charge in [0.25, 0.3) is 17.7 Å². The molecule has 0 unspecified atom stereocenters. The lowest BCUT2D eigenvalue weighted by Crippen LogP contribution is -2.28. The van der Waals surface area contributed by atoms with Crippen molar-refractivity contribution >= 4 is 39.9 Å². The molecule has 3 aromatic heterocycles. The van der Waals surface area contributed by atoms with Gasteiger partial charge in [0.15, 0.2) is 0 Å². The number of rotatable bonds is 9. The van der Waals surface area contributed by atoms with Crippen LogP contribution in [-0.2, 0) is 14.1 Å². The Morgan fingerprint density at radius 1 is 0.838 bits per heavy atom. The molecule has 3 heterocycles. The number of aryl methyl sites for hydroxylation is 2. The zero-order valence-electron chi connectivity index (χ0n) is 21.4. The summed E-state index contributed by atoms with van der Waals surface area (Å²) in [4.78, 5) is 44.5. The van der Waals surface area contributed by atoms with Gasteiger partial charge in [0.05, 0.1) is 11.4 Å². The van der Waals surface area contributed by atoms with Gasteiger partial charge in [-0.15, -0.1) is 0 Å². The maximum atomic E-state index is 12.9. The quantitative estimate of drug-likeness (QED) is 0.305. The zero-order chi connectivity index (χ0) is 26.5. The number of anilines is 2. The number of fused-ring (bicyclic) bond motifs is 1. The molecule has 10 heteroatoms. The number of hydrogen-bond acceptors (Lipinski definition) is 5. The summed E-state index contributed by atoms with van der Waals surface area (Å²) < 4.78 is 3.30. The molecule has 0 atom stereocenters. The Labute approximate surface area is 215 Å². The Morgan fingerprint density at radius 3 is 2.08 bits per heavy atom. The van der Waals surface area contributed by atoms with E-state index in [1.165, 1.54) is 0 Å². The van der Waals surface area contributed by atoms with Crippen LogP contribution in [0.2, 0.25) is 0 Å². The largest absolute Gasteiger partial charge is 0.351 e. The number of carbonyl (C=O) groups excluding carboxylic acids is 3. The number of nitrogens with one attached hydrogen (secondary N) is 3. The summed E-state index contributed by atoms with van der Waals surface area (Å²) >= 11 is 0. The molecule has 0 saturated heterocycles. The van der Waals surface area contributed by atoms with E-state index in [0.717, 1.165) is 23.7 Å². The van der Waals surface area contributed by atoms with Gasteiger partial charge in [-0.2, -0.15) is 0 Å². The van der Waals surface area contributed by atoms with Gasteiger partial charge in [0.2, 0.25) is 0 Å². The third-order valence-corrected chi connectivity index (χ3v) is 5.92. The normalized spacial score (nSPS) is 11.1. The molecule has 0 aliphatic carbocycles.